The first-order valence-electron chi connectivity index (χ1n) is 11.2. The lowest BCUT2D eigenvalue weighted by molar-refractivity contribution is -0.275. The second-order valence-corrected chi connectivity index (χ2v) is 9.84. The fourth-order valence-corrected chi connectivity index (χ4v) is 4.48. The molecule has 3 aromatic rings. The number of nitrogens with one attached hydrogen (secondary N) is 1. The van der Waals surface area contributed by atoms with Crippen LogP contribution < -0.4 is 15.2 Å². The summed E-state index contributed by atoms with van der Waals surface area (Å²) in [4.78, 5) is 21.2. The van der Waals surface area contributed by atoms with Gasteiger partial charge >= 0.3 is 16.7 Å². The number of anilines is 1. The summed E-state index contributed by atoms with van der Waals surface area (Å²) in [7, 11) is -4.03. The van der Waals surface area contributed by atoms with Gasteiger partial charge in [-0.05, 0) is 48.9 Å². The van der Waals surface area contributed by atoms with Crippen LogP contribution >= 0.6 is 0 Å². The highest BCUT2D eigenvalue weighted by Crippen LogP contribution is 2.30. The molecule has 4 rings (SSSR count). The Morgan fingerprint density at radius 1 is 1.24 bits per heavy atom. The van der Waals surface area contributed by atoms with Crippen LogP contribution in [0.15, 0.2) is 43.0 Å². The van der Waals surface area contributed by atoms with Gasteiger partial charge in [0, 0.05) is 18.4 Å². The molecule has 11 nitrogen and oxygen atoms in total. The Kier molecular flexibility index (Phi) is 7.94. The molecule has 1 aromatic carbocycles. The zero-order valence-electron chi connectivity index (χ0n) is 19.6. The summed E-state index contributed by atoms with van der Waals surface area (Å²) in [5.41, 5.74) is 0.438. The molecule has 2 heterocycles. The van der Waals surface area contributed by atoms with Crippen LogP contribution in [0.4, 0.5) is 23.4 Å². The SMILES string of the molecule is NS(=O)(=O)OCC1CCC(Nc2ncncc2C(=O)c2ccn(Cc3ccc(F)c(OC(F)(F)F)c3)n2)C1. The highest BCUT2D eigenvalue weighted by Gasteiger charge is 2.32. The molecule has 16 heteroatoms. The summed E-state index contributed by atoms with van der Waals surface area (Å²) >= 11 is 0. The highest BCUT2D eigenvalue weighted by molar-refractivity contribution is 7.84. The van der Waals surface area contributed by atoms with Gasteiger partial charge in [-0.25, -0.2) is 19.5 Å². The van der Waals surface area contributed by atoms with Gasteiger partial charge in [0.2, 0.25) is 5.78 Å². The molecule has 1 aliphatic rings. The Hall–Kier alpha value is -3.63. The number of nitrogens with two attached hydrogens (primary N) is 1. The lowest BCUT2D eigenvalue weighted by Gasteiger charge is -2.15. The molecule has 2 atom stereocenters. The minimum atomic E-state index is -5.05. The maximum atomic E-state index is 13.7. The quantitative estimate of drug-likeness (QED) is 0.283. The van der Waals surface area contributed by atoms with Crippen LogP contribution in [0, 0.1) is 11.7 Å². The first kappa shape index (κ1) is 27.4. The Morgan fingerprint density at radius 3 is 2.76 bits per heavy atom. The molecule has 0 radical (unpaired) electrons. The largest absolute Gasteiger partial charge is 0.573 e. The van der Waals surface area contributed by atoms with Crippen molar-refractivity contribution in [2.24, 2.45) is 11.1 Å². The van der Waals surface area contributed by atoms with Gasteiger partial charge in [0.1, 0.15) is 17.8 Å². The number of nitrogens with zero attached hydrogens (tertiary/aromatic N) is 4. The fourth-order valence-electron chi connectivity index (χ4n) is 4.10. The van der Waals surface area contributed by atoms with Crippen molar-refractivity contribution in [3.63, 3.8) is 0 Å². The summed E-state index contributed by atoms with van der Waals surface area (Å²) in [6.07, 6.45) is 0.932. The summed E-state index contributed by atoms with van der Waals surface area (Å²) in [5, 5.41) is 12.2. The molecule has 1 saturated carbocycles. The fraction of sp³-hybridized carbons (Fsp3) is 0.364. The number of hydrogen-bond donors (Lipinski definition) is 2. The van der Waals surface area contributed by atoms with Crippen molar-refractivity contribution in [2.75, 3.05) is 11.9 Å². The van der Waals surface area contributed by atoms with Crippen molar-refractivity contribution >= 4 is 21.9 Å². The van der Waals surface area contributed by atoms with Crippen molar-refractivity contribution < 1.29 is 39.7 Å². The number of aromatic nitrogens is 4. The van der Waals surface area contributed by atoms with Crippen LogP contribution in [-0.4, -0.2) is 53.0 Å². The number of benzene rings is 1. The predicted molar refractivity (Wildman–Crippen MR) is 124 cm³/mol. The van der Waals surface area contributed by atoms with Crippen molar-refractivity contribution in [2.45, 2.75) is 38.2 Å². The van der Waals surface area contributed by atoms with E-state index in [9.17, 15) is 30.8 Å². The van der Waals surface area contributed by atoms with Crippen molar-refractivity contribution in [1.82, 2.24) is 19.7 Å². The number of ketones is 1. The molecular weight excluding hydrogens is 536 g/mol. The number of ether oxygens (including phenoxy) is 1. The van der Waals surface area contributed by atoms with Crippen molar-refractivity contribution in [3.8, 4) is 5.75 Å². The standard InChI is InChI=1S/C22H22F4N6O5S/c23-17-4-2-13(8-19(17)37-22(24,25)26)10-32-6-5-18(31-32)20(33)16-9-28-12-29-21(16)30-15-3-1-14(7-15)11-36-38(27,34)35/h2,4-6,8-9,12,14-15H,1,3,7,10-11H2,(H2,27,34,35)(H,28,29,30). The van der Waals surface area contributed by atoms with E-state index in [2.05, 4.69) is 29.3 Å². The number of hydrogen-bond acceptors (Lipinski definition) is 9. The van der Waals surface area contributed by atoms with Gasteiger partial charge in [0.25, 0.3) is 0 Å². The van der Waals surface area contributed by atoms with Gasteiger partial charge in [0.05, 0.1) is 18.7 Å². The van der Waals surface area contributed by atoms with Crippen LogP contribution in [0.5, 0.6) is 5.75 Å². The lowest BCUT2D eigenvalue weighted by Crippen LogP contribution is -2.22. The number of alkyl halides is 3. The first-order valence-corrected chi connectivity index (χ1v) is 12.7. The van der Waals surface area contributed by atoms with Crippen LogP contribution in [-0.2, 0) is 21.0 Å². The monoisotopic (exact) mass is 558 g/mol. The first-order chi connectivity index (χ1) is 17.9. The van der Waals surface area contributed by atoms with E-state index >= 15 is 0 Å². The molecule has 1 aliphatic carbocycles. The van der Waals surface area contributed by atoms with Crippen LogP contribution in [0.2, 0.25) is 0 Å². The molecule has 3 N–H and O–H groups in total. The maximum Gasteiger partial charge on any atom is 0.573 e. The minimum absolute atomic E-state index is 0.0302. The third kappa shape index (κ3) is 7.45. The Labute approximate surface area is 214 Å². The predicted octanol–water partition coefficient (Wildman–Crippen LogP) is 2.79. The molecule has 0 spiro atoms. The van der Waals surface area contributed by atoms with Gasteiger partial charge in [0.15, 0.2) is 11.6 Å². The van der Waals surface area contributed by atoms with Crippen molar-refractivity contribution in [3.05, 3.63) is 65.6 Å². The number of carbonyl (C=O) groups excluding carboxylic acids is 1. The summed E-state index contributed by atoms with van der Waals surface area (Å²) in [6, 6.07) is 4.35. The van der Waals surface area contributed by atoms with E-state index in [4.69, 9.17) is 5.14 Å². The smallest absolute Gasteiger partial charge is 0.403 e. The van der Waals surface area contributed by atoms with E-state index in [-0.39, 0.29) is 47.8 Å². The second kappa shape index (κ2) is 11.0. The highest BCUT2D eigenvalue weighted by atomic mass is 32.2. The van der Waals surface area contributed by atoms with Gasteiger partial charge in [-0.1, -0.05) is 6.07 Å². The van der Waals surface area contributed by atoms with Gasteiger partial charge in [-0.2, -0.15) is 13.5 Å². The summed E-state index contributed by atoms with van der Waals surface area (Å²) in [6.45, 7) is -0.0931. The minimum Gasteiger partial charge on any atom is -0.403 e. The molecule has 2 unspecified atom stereocenters. The van der Waals surface area contributed by atoms with E-state index in [0.717, 1.165) is 12.1 Å². The maximum absolute atomic E-state index is 13.7. The molecule has 0 aliphatic heterocycles. The van der Waals surface area contributed by atoms with Gasteiger partial charge in [-0.3, -0.25) is 13.7 Å². The topological polar surface area (TPSA) is 151 Å². The summed E-state index contributed by atoms with van der Waals surface area (Å²) < 4.78 is 82.9. The number of halogens is 4. The van der Waals surface area contributed by atoms with Gasteiger partial charge < -0.3 is 10.1 Å². The van der Waals surface area contributed by atoms with E-state index < -0.39 is 34.0 Å². The lowest BCUT2D eigenvalue weighted by atomic mass is 10.1. The summed E-state index contributed by atoms with van der Waals surface area (Å²) in [5.74, 6) is -2.42. The van der Waals surface area contributed by atoms with Crippen LogP contribution in [0.3, 0.4) is 0 Å². The number of rotatable bonds is 10. The Morgan fingerprint density at radius 2 is 2.03 bits per heavy atom. The molecule has 0 saturated heterocycles. The Bertz CT molecular complexity index is 1420. The van der Waals surface area contributed by atoms with Crippen LogP contribution in [0.25, 0.3) is 0 Å². The molecule has 2 aromatic heterocycles. The van der Waals surface area contributed by atoms with E-state index in [1.54, 1.807) is 0 Å². The molecule has 0 amide bonds. The Balaban J connectivity index is 1.43. The second-order valence-electron chi connectivity index (χ2n) is 8.62. The van der Waals surface area contributed by atoms with Crippen molar-refractivity contribution in [1.29, 1.82) is 0 Å². The average molecular weight is 559 g/mol. The zero-order valence-corrected chi connectivity index (χ0v) is 20.4. The van der Waals surface area contributed by atoms with E-state index in [0.29, 0.717) is 19.3 Å². The van der Waals surface area contributed by atoms with Crippen LogP contribution in [0.1, 0.15) is 40.9 Å². The zero-order chi connectivity index (χ0) is 27.5. The molecule has 38 heavy (non-hydrogen) atoms. The van der Waals surface area contributed by atoms with E-state index in [1.165, 1.54) is 35.5 Å². The molecular formula is C22H22F4N6O5S. The van der Waals surface area contributed by atoms with Gasteiger partial charge in [-0.15, -0.1) is 13.2 Å². The third-order valence-electron chi connectivity index (χ3n) is 5.75. The molecule has 204 valence electrons. The normalized spacial score (nSPS) is 17.9. The third-order valence-corrected chi connectivity index (χ3v) is 6.21. The van der Waals surface area contributed by atoms with E-state index in [1.807, 2.05) is 0 Å². The molecule has 0 bridgehead atoms. The number of carbonyl (C=O) groups is 1. The molecule has 1 fully saturated rings. The average Bonchev–Trinajstić information content (AvgIpc) is 3.48.